The summed E-state index contributed by atoms with van der Waals surface area (Å²) >= 11 is 0. The Morgan fingerprint density at radius 3 is 2.72 bits per heavy atom. The van der Waals surface area contributed by atoms with E-state index in [0.29, 0.717) is 11.4 Å². The normalized spacial score (nSPS) is 24.9. The molecule has 1 aliphatic carbocycles. The van der Waals surface area contributed by atoms with Gasteiger partial charge >= 0.3 is 5.69 Å². The van der Waals surface area contributed by atoms with Crippen LogP contribution in [-0.2, 0) is 14.3 Å². The summed E-state index contributed by atoms with van der Waals surface area (Å²) < 4.78 is 12.0. The standard InChI is InChI=1S/C17H25N3O5/c1-11-8-20(13-10-24-14(9-21)25-13)17(23)19-15(11)18-16(22)12-6-4-2-3-5-7-12/h8,12-14,21H,2-7,9-10H2,1H3,(H,18,19,22,23). The van der Waals surface area contributed by atoms with Gasteiger partial charge in [-0.05, 0) is 19.8 Å². The summed E-state index contributed by atoms with van der Waals surface area (Å²) in [4.78, 5) is 28.8. The van der Waals surface area contributed by atoms with Crippen molar-refractivity contribution in [2.24, 2.45) is 5.92 Å². The van der Waals surface area contributed by atoms with Gasteiger partial charge in [-0.25, -0.2) is 4.79 Å². The van der Waals surface area contributed by atoms with Gasteiger partial charge in [0.15, 0.2) is 12.5 Å². The number of hydrogen-bond donors (Lipinski definition) is 2. The van der Waals surface area contributed by atoms with Gasteiger partial charge in [0, 0.05) is 17.7 Å². The fourth-order valence-corrected chi connectivity index (χ4v) is 3.34. The molecule has 138 valence electrons. The highest BCUT2D eigenvalue weighted by atomic mass is 16.7. The zero-order valence-corrected chi connectivity index (χ0v) is 14.4. The first-order valence-corrected chi connectivity index (χ1v) is 8.87. The van der Waals surface area contributed by atoms with Gasteiger partial charge in [-0.3, -0.25) is 9.36 Å². The predicted octanol–water partition coefficient (Wildman–Crippen LogP) is 1.32. The molecule has 1 saturated carbocycles. The van der Waals surface area contributed by atoms with Gasteiger partial charge in [0.25, 0.3) is 0 Å². The van der Waals surface area contributed by atoms with Gasteiger partial charge in [-0.2, -0.15) is 4.98 Å². The third-order valence-electron chi connectivity index (χ3n) is 4.80. The molecule has 2 fully saturated rings. The molecule has 2 aliphatic rings. The van der Waals surface area contributed by atoms with Crippen molar-refractivity contribution in [3.63, 3.8) is 0 Å². The Labute approximate surface area is 146 Å². The second-order valence-electron chi connectivity index (χ2n) is 6.68. The van der Waals surface area contributed by atoms with Crippen LogP contribution < -0.4 is 11.0 Å². The first kappa shape index (κ1) is 18.0. The number of aliphatic hydroxyl groups is 1. The number of aryl methyl sites for hydroxylation is 1. The van der Waals surface area contributed by atoms with Gasteiger partial charge in [0.05, 0.1) is 13.2 Å². The van der Waals surface area contributed by atoms with Crippen molar-refractivity contribution in [1.29, 1.82) is 0 Å². The van der Waals surface area contributed by atoms with E-state index in [2.05, 4.69) is 10.3 Å². The first-order chi connectivity index (χ1) is 12.1. The van der Waals surface area contributed by atoms with Crippen molar-refractivity contribution in [3.05, 3.63) is 22.2 Å². The van der Waals surface area contributed by atoms with E-state index in [1.807, 2.05) is 0 Å². The monoisotopic (exact) mass is 351 g/mol. The summed E-state index contributed by atoms with van der Waals surface area (Å²) in [6.07, 6.45) is 6.51. The highest BCUT2D eigenvalue weighted by molar-refractivity contribution is 5.92. The van der Waals surface area contributed by atoms with Crippen LogP contribution in [0.25, 0.3) is 0 Å². The van der Waals surface area contributed by atoms with E-state index < -0.39 is 18.2 Å². The molecule has 1 aromatic heterocycles. The maximum Gasteiger partial charge on any atom is 0.351 e. The molecule has 1 amide bonds. The molecule has 8 heteroatoms. The molecule has 1 saturated heterocycles. The van der Waals surface area contributed by atoms with E-state index in [4.69, 9.17) is 14.6 Å². The Hall–Kier alpha value is -1.77. The molecule has 1 aromatic rings. The lowest BCUT2D eigenvalue weighted by Crippen LogP contribution is -2.31. The van der Waals surface area contributed by atoms with Crippen molar-refractivity contribution < 1.29 is 19.4 Å². The van der Waals surface area contributed by atoms with Crippen LogP contribution in [0.5, 0.6) is 0 Å². The van der Waals surface area contributed by atoms with Crippen LogP contribution in [0, 0.1) is 12.8 Å². The van der Waals surface area contributed by atoms with Crippen molar-refractivity contribution in [1.82, 2.24) is 9.55 Å². The van der Waals surface area contributed by atoms with E-state index in [-0.39, 0.29) is 25.0 Å². The molecule has 0 radical (unpaired) electrons. The summed E-state index contributed by atoms with van der Waals surface area (Å²) in [6, 6.07) is 0. The summed E-state index contributed by atoms with van der Waals surface area (Å²) in [5.74, 6) is 0.228. The Balaban J connectivity index is 1.71. The van der Waals surface area contributed by atoms with Crippen molar-refractivity contribution in [3.8, 4) is 0 Å². The SMILES string of the molecule is Cc1cn(C2COC(CO)O2)c(=O)nc1NC(=O)C1CCCCCC1. The van der Waals surface area contributed by atoms with Crippen LogP contribution in [0.3, 0.4) is 0 Å². The molecule has 1 aliphatic heterocycles. The minimum atomic E-state index is -0.730. The van der Waals surface area contributed by atoms with Gasteiger partial charge < -0.3 is 19.9 Å². The Morgan fingerprint density at radius 2 is 2.08 bits per heavy atom. The number of hydrogen-bond acceptors (Lipinski definition) is 6. The number of carbonyl (C=O) groups is 1. The number of carbonyl (C=O) groups excluding carboxylic acids is 1. The minimum Gasteiger partial charge on any atom is -0.391 e. The van der Waals surface area contributed by atoms with Crippen molar-refractivity contribution in [2.45, 2.75) is 58.0 Å². The highest BCUT2D eigenvalue weighted by Crippen LogP contribution is 2.25. The van der Waals surface area contributed by atoms with Gasteiger partial charge in [-0.1, -0.05) is 25.7 Å². The second-order valence-corrected chi connectivity index (χ2v) is 6.68. The lowest BCUT2D eigenvalue weighted by Gasteiger charge is -2.17. The smallest absolute Gasteiger partial charge is 0.351 e. The molecule has 0 bridgehead atoms. The van der Waals surface area contributed by atoms with Crippen LogP contribution in [0.1, 0.15) is 50.3 Å². The third kappa shape index (κ3) is 4.26. The van der Waals surface area contributed by atoms with Gasteiger partial charge in [-0.15, -0.1) is 0 Å². The fraction of sp³-hybridized carbons (Fsp3) is 0.706. The summed E-state index contributed by atoms with van der Waals surface area (Å²) in [7, 11) is 0. The molecule has 2 N–H and O–H groups in total. The molecule has 25 heavy (non-hydrogen) atoms. The Morgan fingerprint density at radius 1 is 1.36 bits per heavy atom. The number of ether oxygens (including phenoxy) is 2. The number of anilines is 1. The van der Waals surface area contributed by atoms with Crippen molar-refractivity contribution >= 4 is 11.7 Å². The summed E-state index contributed by atoms with van der Waals surface area (Å²) in [6.45, 7) is 1.68. The van der Waals surface area contributed by atoms with Crippen LogP contribution >= 0.6 is 0 Å². The number of aromatic nitrogens is 2. The number of nitrogens with one attached hydrogen (secondary N) is 1. The predicted molar refractivity (Wildman–Crippen MR) is 90.0 cm³/mol. The Bertz CT molecular complexity index is 667. The maximum absolute atomic E-state index is 12.5. The number of amides is 1. The number of nitrogens with zero attached hydrogens (tertiary/aromatic N) is 2. The average Bonchev–Trinajstić information content (AvgIpc) is 2.90. The third-order valence-corrected chi connectivity index (χ3v) is 4.80. The first-order valence-electron chi connectivity index (χ1n) is 8.87. The largest absolute Gasteiger partial charge is 0.391 e. The molecule has 2 heterocycles. The lowest BCUT2D eigenvalue weighted by molar-refractivity contribution is -0.120. The molecule has 3 rings (SSSR count). The van der Waals surface area contributed by atoms with Gasteiger partial charge in [0.2, 0.25) is 5.91 Å². The van der Waals surface area contributed by atoms with E-state index in [1.54, 1.807) is 13.1 Å². The lowest BCUT2D eigenvalue weighted by atomic mass is 9.99. The number of aliphatic hydroxyl groups excluding tert-OH is 1. The summed E-state index contributed by atoms with van der Waals surface area (Å²) in [5.41, 5.74) is 0.159. The summed E-state index contributed by atoms with van der Waals surface area (Å²) in [5, 5.41) is 11.9. The topological polar surface area (TPSA) is 103 Å². The van der Waals surface area contributed by atoms with Crippen LogP contribution in [0.4, 0.5) is 5.82 Å². The van der Waals surface area contributed by atoms with Crippen molar-refractivity contribution in [2.75, 3.05) is 18.5 Å². The average molecular weight is 351 g/mol. The minimum absolute atomic E-state index is 0.0111. The molecule has 8 nitrogen and oxygen atoms in total. The fourth-order valence-electron chi connectivity index (χ4n) is 3.34. The molecular weight excluding hydrogens is 326 g/mol. The number of rotatable bonds is 4. The van der Waals surface area contributed by atoms with Crippen LogP contribution in [0.15, 0.2) is 11.0 Å². The van der Waals surface area contributed by atoms with Gasteiger partial charge in [0.1, 0.15) is 5.82 Å². The zero-order valence-electron chi connectivity index (χ0n) is 14.4. The quantitative estimate of drug-likeness (QED) is 0.793. The zero-order chi connectivity index (χ0) is 17.8. The van der Waals surface area contributed by atoms with E-state index in [9.17, 15) is 9.59 Å². The maximum atomic E-state index is 12.5. The highest BCUT2D eigenvalue weighted by Gasteiger charge is 2.28. The molecular formula is C17H25N3O5. The van der Waals surface area contributed by atoms with E-state index >= 15 is 0 Å². The molecule has 2 unspecified atom stereocenters. The molecule has 0 aromatic carbocycles. The van der Waals surface area contributed by atoms with E-state index in [0.717, 1.165) is 25.7 Å². The van der Waals surface area contributed by atoms with Crippen LogP contribution in [0.2, 0.25) is 0 Å². The molecule has 2 atom stereocenters. The van der Waals surface area contributed by atoms with Crippen LogP contribution in [-0.4, -0.2) is 40.1 Å². The van der Waals surface area contributed by atoms with E-state index in [1.165, 1.54) is 17.4 Å². The molecule has 0 spiro atoms. The second kappa shape index (κ2) is 8.07. The Kier molecular flexibility index (Phi) is 5.82.